The van der Waals surface area contributed by atoms with Crippen molar-refractivity contribution in [1.29, 1.82) is 0 Å². The number of amides is 1. The number of carbonyl (C=O) groups is 1. The fourth-order valence-electron chi connectivity index (χ4n) is 2.71. The number of benzene rings is 1. The summed E-state index contributed by atoms with van der Waals surface area (Å²) in [7, 11) is 0. The van der Waals surface area contributed by atoms with Gasteiger partial charge in [0.2, 0.25) is 5.91 Å². The lowest BCUT2D eigenvalue weighted by Crippen LogP contribution is -2.24. The summed E-state index contributed by atoms with van der Waals surface area (Å²) < 4.78 is 18.7. The first-order valence-corrected chi connectivity index (χ1v) is 8.50. The van der Waals surface area contributed by atoms with Gasteiger partial charge in [-0.25, -0.2) is 4.39 Å². The molecule has 0 N–H and O–H groups in total. The predicted molar refractivity (Wildman–Crippen MR) is 88.7 cm³/mol. The van der Waals surface area contributed by atoms with E-state index in [4.69, 9.17) is 16.1 Å². The topological polar surface area (TPSA) is 59.2 Å². The van der Waals surface area contributed by atoms with Crippen LogP contribution in [-0.4, -0.2) is 22.6 Å². The van der Waals surface area contributed by atoms with Crippen LogP contribution in [0.1, 0.15) is 18.2 Å². The first-order valence-electron chi connectivity index (χ1n) is 7.24. The Hall–Kier alpha value is -2.25. The Morgan fingerprint density at radius 1 is 1.38 bits per heavy atom. The molecule has 4 rings (SSSR count). The third kappa shape index (κ3) is 2.70. The molecular formula is C16H11ClFN3O2S. The molecule has 1 saturated heterocycles. The van der Waals surface area contributed by atoms with Crippen molar-refractivity contribution >= 4 is 34.5 Å². The smallest absolute Gasteiger partial charge is 0.267 e. The van der Waals surface area contributed by atoms with Gasteiger partial charge in [0.05, 0.1) is 15.6 Å². The molecule has 0 aliphatic carbocycles. The summed E-state index contributed by atoms with van der Waals surface area (Å²) in [6.07, 6.45) is 0.232. The summed E-state index contributed by atoms with van der Waals surface area (Å²) in [6, 6.07) is 7.75. The first-order chi connectivity index (χ1) is 11.6. The van der Waals surface area contributed by atoms with Crippen molar-refractivity contribution in [3.8, 4) is 10.8 Å². The molecule has 0 bridgehead atoms. The van der Waals surface area contributed by atoms with Crippen LogP contribution in [0.4, 0.5) is 10.1 Å². The minimum Gasteiger partial charge on any atom is -0.333 e. The van der Waals surface area contributed by atoms with Crippen molar-refractivity contribution in [3.63, 3.8) is 0 Å². The highest BCUT2D eigenvalue weighted by Crippen LogP contribution is 2.35. The normalized spacial score (nSPS) is 17.7. The van der Waals surface area contributed by atoms with Crippen LogP contribution < -0.4 is 4.90 Å². The number of hydrogen-bond donors (Lipinski definition) is 0. The van der Waals surface area contributed by atoms with Gasteiger partial charge in [-0.15, -0.1) is 11.3 Å². The van der Waals surface area contributed by atoms with Crippen LogP contribution in [0.5, 0.6) is 0 Å². The van der Waals surface area contributed by atoms with Gasteiger partial charge in [-0.05, 0) is 29.6 Å². The number of rotatable bonds is 3. The fourth-order valence-corrected chi connectivity index (χ4v) is 3.57. The molecule has 3 aromatic rings. The number of aromatic nitrogens is 2. The zero-order valence-electron chi connectivity index (χ0n) is 12.3. The Morgan fingerprint density at radius 2 is 2.25 bits per heavy atom. The molecule has 1 aliphatic rings. The van der Waals surface area contributed by atoms with Gasteiger partial charge in [-0.3, -0.25) is 4.79 Å². The Morgan fingerprint density at radius 3 is 3.04 bits per heavy atom. The minimum absolute atomic E-state index is 0.144. The van der Waals surface area contributed by atoms with Crippen molar-refractivity contribution < 1.29 is 13.7 Å². The summed E-state index contributed by atoms with van der Waals surface area (Å²) in [5.74, 6) is 0.117. The van der Waals surface area contributed by atoms with Crippen LogP contribution in [0, 0.1) is 5.82 Å². The van der Waals surface area contributed by atoms with Gasteiger partial charge in [-0.1, -0.05) is 22.8 Å². The maximum Gasteiger partial charge on any atom is 0.267 e. The van der Waals surface area contributed by atoms with Crippen LogP contribution in [0.2, 0.25) is 5.02 Å². The zero-order chi connectivity index (χ0) is 16.7. The van der Waals surface area contributed by atoms with E-state index in [0.29, 0.717) is 29.0 Å². The molecular weight excluding hydrogens is 353 g/mol. The van der Waals surface area contributed by atoms with E-state index in [1.165, 1.54) is 34.4 Å². The van der Waals surface area contributed by atoms with E-state index < -0.39 is 5.82 Å². The van der Waals surface area contributed by atoms with Crippen LogP contribution in [0.15, 0.2) is 40.2 Å². The van der Waals surface area contributed by atoms with Crippen molar-refractivity contribution in [2.45, 2.75) is 12.3 Å². The highest BCUT2D eigenvalue weighted by atomic mass is 35.5. The van der Waals surface area contributed by atoms with E-state index in [1.54, 1.807) is 0 Å². The van der Waals surface area contributed by atoms with Gasteiger partial charge in [0, 0.05) is 18.9 Å². The second-order valence-corrected chi connectivity index (χ2v) is 6.79. The van der Waals surface area contributed by atoms with Crippen molar-refractivity contribution in [2.24, 2.45) is 0 Å². The van der Waals surface area contributed by atoms with Crippen LogP contribution in [-0.2, 0) is 4.79 Å². The average molecular weight is 364 g/mol. The van der Waals surface area contributed by atoms with E-state index in [0.717, 1.165) is 4.88 Å². The van der Waals surface area contributed by atoms with Gasteiger partial charge >= 0.3 is 0 Å². The Bertz CT molecular complexity index is 897. The molecule has 1 fully saturated rings. The molecule has 122 valence electrons. The van der Waals surface area contributed by atoms with Crippen molar-refractivity contribution in [3.05, 3.63) is 52.4 Å². The molecule has 2 aromatic heterocycles. The fraction of sp³-hybridized carbons (Fsp3) is 0.188. The standard InChI is InChI=1S/C16H11ClFN3O2S/c17-11-4-3-10(18)7-12(11)21-8-9(6-14(21)22)15-19-16(23-20-15)13-2-1-5-24-13/h1-5,7,9H,6,8H2. The Kier molecular flexibility index (Phi) is 3.82. The second kappa shape index (κ2) is 5.99. The number of halogens is 2. The molecule has 1 aromatic carbocycles. The number of thiophene rings is 1. The molecule has 1 atom stereocenters. The van der Waals surface area contributed by atoms with Gasteiger partial charge in [0.1, 0.15) is 5.82 Å². The molecule has 1 aliphatic heterocycles. The monoisotopic (exact) mass is 363 g/mol. The molecule has 0 saturated carbocycles. The molecule has 0 radical (unpaired) electrons. The molecule has 24 heavy (non-hydrogen) atoms. The van der Waals surface area contributed by atoms with E-state index in [9.17, 15) is 9.18 Å². The van der Waals surface area contributed by atoms with E-state index >= 15 is 0 Å². The quantitative estimate of drug-likeness (QED) is 0.702. The lowest BCUT2D eigenvalue weighted by molar-refractivity contribution is -0.117. The lowest BCUT2D eigenvalue weighted by atomic mass is 10.1. The Labute approximate surface area is 145 Å². The third-order valence-corrected chi connectivity index (χ3v) is 5.04. The van der Waals surface area contributed by atoms with Gasteiger partial charge in [0.15, 0.2) is 5.82 Å². The minimum atomic E-state index is -0.440. The molecule has 3 heterocycles. The van der Waals surface area contributed by atoms with Crippen LogP contribution >= 0.6 is 22.9 Å². The van der Waals surface area contributed by atoms with Crippen LogP contribution in [0.25, 0.3) is 10.8 Å². The molecule has 1 unspecified atom stereocenters. The maximum absolute atomic E-state index is 13.5. The lowest BCUT2D eigenvalue weighted by Gasteiger charge is -2.17. The maximum atomic E-state index is 13.5. The SMILES string of the molecule is O=C1CC(c2noc(-c3cccs3)n2)CN1c1cc(F)ccc1Cl. The largest absolute Gasteiger partial charge is 0.333 e. The molecule has 0 spiro atoms. The molecule has 5 nitrogen and oxygen atoms in total. The number of nitrogens with zero attached hydrogens (tertiary/aromatic N) is 3. The highest BCUT2D eigenvalue weighted by molar-refractivity contribution is 7.13. The van der Waals surface area contributed by atoms with Gasteiger partial charge in [0.25, 0.3) is 5.89 Å². The van der Waals surface area contributed by atoms with Gasteiger partial charge in [-0.2, -0.15) is 4.98 Å². The van der Waals surface area contributed by atoms with Crippen molar-refractivity contribution in [2.75, 3.05) is 11.4 Å². The molecule has 8 heteroatoms. The number of hydrogen-bond acceptors (Lipinski definition) is 5. The summed E-state index contributed by atoms with van der Waals surface area (Å²) in [6.45, 7) is 0.339. The van der Waals surface area contributed by atoms with Crippen molar-refractivity contribution in [1.82, 2.24) is 10.1 Å². The van der Waals surface area contributed by atoms with Gasteiger partial charge < -0.3 is 9.42 Å². The van der Waals surface area contributed by atoms with E-state index in [1.807, 2.05) is 17.5 Å². The zero-order valence-corrected chi connectivity index (χ0v) is 13.9. The summed E-state index contributed by atoms with van der Waals surface area (Å²) >= 11 is 7.60. The molecule has 1 amide bonds. The number of carbonyl (C=O) groups excluding carboxylic acids is 1. The second-order valence-electron chi connectivity index (χ2n) is 5.44. The predicted octanol–water partition coefficient (Wildman–Crippen LogP) is 4.11. The average Bonchev–Trinajstić information content (AvgIpc) is 3.28. The highest BCUT2D eigenvalue weighted by Gasteiger charge is 2.35. The summed E-state index contributed by atoms with van der Waals surface area (Å²) in [4.78, 5) is 19.0. The number of anilines is 1. The van der Waals surface area contributed by atoms with Crippen LogP contribution in [0.3, 0.4) is 0 Å². The summed E-state index contributed by atoms with van der Waals surface area (Å²) in [5.41, 5.74) is 0.367. The van der Waals surface area contributed by atoms with E-state index in [2.05, 4.69) is 10.1 Å². The first kappa shape index (κ1) is 15.3. The third-order valence-electron chi connectivity index (χ3n) is 3.86. The Balaban J connectivity index is 1.59. The van der Waals surface area contributed by atoms with E-state index in [-0.39, 0.29) is 18.2 Å². The summed E-state index contributed by atoms with van der Waals surface area (Å²) in [5, 5.41) is 6.25.